The molecule has 2 aliphatic heterocycles. The van der Waals surface area contributed by atoms with E-state index in [1.54, 1.807) is 13.4 Å². The molecule has 5 rings (SSSR count). The van der Waals surface area contributed by atoms with Crippen molar-refractivity contribution in [2.45, 2.75) is 62.8 Å². The Morgan fingerprint density at radius 1 is 1.15 bits per heavy atom. The lowest BCUT2D eigenvalue weighted by Gasteiger charge is -2.47. The van der Waals surface area contributed by atoms with Crippen LogP contribution in [0.1, 0.15) is 43.6 Å². The summed E-state index contributed by atoms with van der Waals surface area (Å²) in [4.78, 5) is 50.4. The van der Waals surface area contributed by atoms with E-state index in [2.05, 4.69) is 12.0 Å². The third-order valence-electron chi connectivity index (χ3n) is 8.78. The van der Waals surface area contributed by atoms with E-state index in [9.17, 15) is 19.5 Å². The molecule has 3 unspecified atom stereocenters. The van der Waals surface area contributed by atoms with Gasteiger partial charge in [-0.05, 0) is 5.56 Å². The van der Waals surface area contributed by atoms with E-state index in [1.165, 1.54) is 11.6 Å². The number of imidazole rings is 1. The molecule has 3 atom stereocenters. The van der Waals surface area contributed by atoms with Crippen LogP contribution in [0.15, 0.2) is 46.2 Å². The number of aliphatic hydroxyl groups is 1. The first-order valence-electron chi connectivity index (χ1n) is 13.6. The predicted octanol–water partition coefficient (Wildman–Crippen LogP) is 1.04. The first-order chi connectivity index (χ1) is 19.5. The number of nitrogens with zero attached hydrogens (tertiary/aromatic N) is 6. The summed E-state index contributed by atoms with van der Waals surface area (Å²) in [5, 5.41) is 24.6. The minimum atomic E-state index is -1.75. The Hall–Kier alpha value is -4.04. The van der Waals surface area contributed by atoms with Gasteiger partial charge in [0.1, 0.15) is 12.0 Å². The second-order valence-electron chi connectivity index (χ2n) is 11.0. The average molecular weight is 573 g/mol. The van der Waals surface area contributed by atoms with Crippen molar-refractivity contribution < 1.29 is 24.2 Å². The lowest BCUT2D eigenvalue weighted by atomic mass is 9.95. The van der Waals surface area contributed by atoms with E-state index >= 15 is 0 Å². The minimum Gasteiger partial charge on any atom is -0.461 e. The van der Waals surface area contributed by atoms with Gasteiger partial charge in [0.15, 0.2) is 11.2 Å². The summed E-state index contributed by atoms with van der Waals surface area (Å²) in [6.45, 7) is 1.33. The molecular weight excluding hydrogens is 536 g/mol. The second-order valence-corrected chi connectivity index (χ2v) is 11.0. The Morgan fingerprint density at radius 2 is 1.76 bits per heavy atom. The molecule has 2 saturated heterocycles. The molecule has 2 fully saturated rings. The fourth-order valence-electron chi connectivity index (χ4n) is 6.55. The van der Waals surface area contributed by atoms with Gasteiger partial charge in [-0.15, -0.1) is 0 Å². The normalized spacial score (nSPS) is 24.0. The standard InChI is InChI=1S/C27H36N5O5.NO3/c1-29-24-23(25(34)30(2)27(29)36)31(17-28-24)12-7-13-32(3)19-10-11-20(32)15-21(14-19)37-26(35)22(16-33)18-8-5-4-6-9-18;2-1(3)4/h4-6,8-9,17,19-22,33H,7,10-16H2,1-3H3;/q+1;-1. The van der Waals surface area contributed by atoms with Crippen molar-refractivity contribution in [3.05, 3.63) is 78.4 Å². The summed E-state index contributed by atoms with van der Waals surface area (Å²) in [5.74, 6) is -1.00. The topological polar surface area (TPSA) is 175 Å². The van der Waals surface area contributed by atoms with Crippen LogP contribution in [0.4, 0.5) is 0 Å². The van der Waals surface area contributed by atoms with E-state index in [0.717, 1.165) is 53.3 Å². The Balaban J connectivity index is 0.000000909. The van der Waals surface area contributed by atoms with Gasteiger partial charge >= 0.3 is 11.7 Å². The number of ether oxygens (including phenoxy) is 1. The third-order valence-corrected chi connectivity index (χ3v) is 8.78. The van der Waals surface area contributed by atoms with Gasteiger partial charge in [0.2, 0.25) is 0 Å². The molecule has 14 heteroatoms. The molecular formula is C27H36N6O8. The number of carbonyl (C=O) groups is 1. The number of aromatic nitrogens is 4. The van der Waals surface area contributed by atoms with Crippen LogP contribution in [0.3, 0.4) is 0 Å². The zero-order valence-electron chi connectivity index (χ0n) is 23.4. The SMILES string of the molecule is Cn1c(=O)c2c(ncn2CCC[N+]2(C)C3CCC2CC(OC(=O)C(CO)c2ccccc2)C3)n(C)c1=O.O=[N+]([O-])[O-]. The predicted molar refractivity (Wildman–Crippen MR) is 148 cm³/mol. The number of aryl methyl sites for hydroxylation is 2. The number of hydrogen-bond donors (Lipinski definition) is 1. The highest BCUT2D eigenvalue weighted by Gasteiger charge is 2.52. The Kier molecular flexibility index (Phi) is 8.92. The van der Waals surface area contributed by atoms with Crippen LogP contribution < -0.4 is 11.2 Å². The molecule has 2 aromatic heterocycles. The van der Waals surface area contributed by atoms with Crippen LogP contribution in [-0.2, 0) is 30.2 Å². The lowest BCUT2D eigenvalue weighted by Crippen LogP contribution is -2.59. The molecule has 0 saturated carbocycles. The number of fused-ring (bicyclic) bond motifs is 3. The highest BCUT2D eigenvalue weighted by atomic mass is 16.9. The highest BCUT2D eigenvalue weighted by Crippen LogP contribution is 2.42. The molecule has 14 nitrogen and oxygen atoms in total. The molecule has 1 N–H and O–H groups in total. The summed E-state index contributed by atoms with van der Waals surface area (Å²) >= 11 is 0. The van der Waals surface area contributed by atoms with Crippen LogP contribution in [0, 0.1) is 15.3 Å². The molecule has 0 radical (unpaired) electrons. The maximum atomic E-state index is 12.9. The summed E-state index contributed by atoms with van der Waals surface area (Å²) in [6, 6.07) is 10.1. The van der Waals surface area contributed by atoms with E-state index in [1.807, 2.05) is 34.9 Å². The van der Waals surface area contributed by atoms with Crippen LogP contribution in [0.2, 0.25) is 0 Å². The smallest absolute Gasteiger partial charge is 0.332 e. The molecule has 41 heavy (non-hydrogen) atoms. The van der Waals surface area contributed by atoms with Gasteiger partial charge in [-0.3, -0.25) is 18.7 Å². The third kappa shape index (κ3) is 6.03. The molecule has 2 bridgehead atoms. The average Bonchev–Trinajstić information content (AvgIpc) is 3.39. The largest absolute Gasteiger partial charge is 0.461 e. The molecule has 0 amide bonds. The molecule has 0 spiro atoms. The lowest BCUT2D eigenvalue weighted by molar-refractivity contribution is -0.949. The summed E-state index contributed by atoms with van der Waals surface area (Å²) < 4.78 is 11.3. The monoisotopic (exact) mass is 572 g/mol. The Labute approximate surface area is 235 Å². The number of piperidine rings is 1. The number of carbonyl (C=O) groups excluding carboxylic acids is 1. The molecule has 1 aromatic carbocycles. The number of hydrogen-bond acceptors (Lipinski definition) is 9. The summed E-state index contributed by atoms with van der Waals surface area (Å²) in [5.41, 5.74) is 0.937. The van der Waals surface area contributed by atoms with E-state index in [4.69, 9.17) is 20.1 Å². The van der Waals surface area contributed by atoms with Gasteiger partial charge < -0.3 is 34.2 Å². The zero-order valence-corrected chi connectivity index (χ0v) is 23.4. The first-order valence-corrected chi connectivity index (χ1v) is 13.6. The molecule has 3 aromatic rings. The number of quaternary nitrogens is 1. The van der Waals surface area contributed by atoms with E-state index in [0.29, 0.717) is 29.8 Å². The highest BCUT2D eigenvalue weighted by molar-refractivity contribution is 5.78. The van der Waals surface area contributed by atoms with Crippen LogP contribution >= 0.6 is 0 Å². The van der Waals surface area contributed by atoms with Crippen molar-refractivity contribution in [2.24, 2.45) is 14.1 Å². The zero-order chi connectivity index (χ0) is 29.9. The van der Waals surface area contributed by atoms with Gasteiger partial charge in [0.25, 0.3) is 5.56 Å². The van der Waals surface area contributed by atoms with E-state index in [-0.39, 0.29) is 29.9 Å². The molecule has 0 aliphatic carbocycles. The van der Waals surface area contributed by atoms with Gasteiger partial charge in [0.05, 0.1) is 43.7 Å². The second kappa shape index (κ2) is 12.2. The number of rotatable bonds is 8. The van der Waals surface area contributed by atoms with Gasteiger partial charge in [0, 0.05) is 52.7 Å². The summed E-state index contributed by atoms with van der Waals surface area (Å²) in [6.07, 6.45) is 6.24. The van der Waals surface area contributed by atoms with Crippen LogP contribution in [0.25, 0.3) is 11.2 Å². The van der Waals surface area contributed by atoms with Gasteiger partial charge in [-0.25, -0.2) is 9.78 Å². The Morgan fingerprint density at radius 3 is 2.34 bits per heavy atom. The van der Waals surface area contributed by atoms with E-state index < -0.39 is 11.0 Å². The van der Waals surface area contributed by atoms with Crippen molar-refractivity contribution in [1.29, 1.82) is 0 Å². The number of benzene rings is 1. The van der Waals surface area contributed by atoms with Crippen molar-refractivity contribution >= 4 is 17.1 Å². The van der Waals surface area contributed by atoms with Crippen molar-refractivity contribution in [3.8, 4) is 0 Å². The van der Waals surface area contributed by atoms with Crippen LogP contribution in [-0.4, -0.2) is 77.7 Å². The van der Waals surface area contributed by atoms with Crippen molar-refractivity contribution in [3.63, 3.8) is 0 Å². The fourth-order valence-corrected chi connectivity index (χ4v) is 6.55. The van der Waals surface area contributed by atoms with Gasteiger partial charge in [-0.2, -0.15) is 0 Å². The molecule has 4 heterocycles. The van der Waals surface area contributed by atoms with Crippen molar-refractivity contribution in [1.82, 2.24) is 18.7 Å². The van der Waals surface area contributed by atoms with Crippen molar-refractivity contribution in [2.75, 3.05) is 20.2 Å². The number of esters is 1. The fraction of sp³-hybridized carbons (Fsp3) is 0.556. The quantitative estimate of drug-likeness (QED) is 0.179. The maximum Gasteiger partial charge on any atom is 0.332 e. The number of aliphatic hydroxyl groups excluding tert-OH is 1. The molecule has 222 valence electrons. The minimum absolute atomic E-state index is 0.129. The molecule has 2 aliphatic rings. The summed E-state index contributed by atoms with van der Waals surface area (Å²) in [7, 11) is 5.42. The Bertz CT molecular complexity index is 1500. The first kappa shape index (κ1) is 29.9. The maximum absolute atomic E-state index is 12.9. The van der Waals surface area contributed by atoms with Crippen LogP contribution in [0.5, 0.6) is 0 Å². The van der Waals surface area contributed by atoms with Gasteiger partial charge in [-0.1, -0.05) is 30.3 Å².